The molecule has 3 aromatic heterocycles. The Morgan fingerprint density at radius 1 is 0.576 bits per heavy atom. The molecule has 0 spiro atoms. The number of rotatable bonds is 12. The first-order valence-electron chi connectivity index (χ1n) is 20.2. The molecule has 34 heteroatoms. The van der Waals surface area contributed by atoms with Crippen molar-refractivity contribution in [2.75, 3.05) is 28.2 Å². The summed E-state index contributed by atoms with van der Waals surface area (Å²) in [5.74, 6) is -0.186. The number of halogens is 3. The molecule has 0 bridgehead atoms. The number of carbonyl (C=O) groups excluding carboxylic acids is 3. The minimum absolute atomic E-state index is 0. The molecule has 310 valence electrons. The summed E-state index contributed by atoms with van der Waals surface area (Å²) in [6.07, 6.45) is -2.27. The Labute approximate surface area is 435 Å². The molecule has 10 nitrogen and oxygen atoms in total. The molecule has 0 N–H and O–H groups in total. The van der Waals surface area contributed by atoms with Crippen LogP contribution < -0.4 is 5.46 Å². The zero-order chi connectivity index (χ0) is 50.6. The number of amides is 2. The first kappa shape index (κ1) is 64.6. The fourth-order valence-electron chi connectivity index (χ4n) is 6.23. The Bertz CT molecular complexity index is 2020. The molecular weight excluding hydrogens is 957 g/mol. The third kappa shape index (κ3) is 18.7. The van der Waals surface area contributed by atoms with Crippen molar-refractivity contribution < 1.29 is 23.7 Å². The van der Waals surface area contributed by atoms with Crippen molar-refractivity contribution in [2.45, 2.75) is 67.1 Å². The van der Waals surface area contributed by atoms with Crippen molar-refractivity contribution >= 4 is 216 Å². The average Bonchev–Trinajstić information content (AvgIpc) is 3.40. The van der Waals surface area contributed by atoms with Crippen LogP contribution in [0.4, 0.5) is 0 Å². The molecule has 1 aliphatic heterocycles. The predicted octanol–water partition coefficient (Wildman–Crippen LogP) is -1.20. The van der Waals surface area contributed by atoms with Gasteiger partial charge in [0.15, 0.2) is 0 Å². The zero-order valence-corrected chi connectivity index (χ0v) is 42.9. The van der Waals surface area contributed by atoms with E-state index < -0.39 is 69.8 Å². The van der Waals surface area contributed by atoms with Crippen LogP contribution in [-0.2, 0) is 9.31 Å². The largest absolute Gasteiger partial charge is 0.496 e. The van der Waals surface area contributed by atoms with E-state index >= 15 is 0 Å². The zero-order valence-electron chi connectivity index (χ0n) is 39.0. The molecule has 3 aromatic rings. The molecule has 0 aromatic carbocycles. The van der Waals surface area contributed by atoms with E-state index in [-0.39, 0.29) is 36.1 Å². The van der Waals surface area contributed by atoms with Crippen molar-refractivity contribution in [1.82, 2.24) is 24.8 Å². The first-order chi connectivity index (χ1) is 29.7. The second-order valence-electron chi connectivity index (χ2n) is 17.0. The minimum Gasteiger partial charge on any atom is -0.399 e. The second kappa shape index (κ2) is 28.4. The van der Waals surface area contributed by atoms with Crippen LogP contribution in [-0.4, -0.2) is 231 Å². The van der Waals surface area contributed by atoms with Gasteiger partial charge in [-0.15, -0.1) is 0 Å². The van der Waals surface area contributed by atoms with Gasteiger partial charge in [0.05, 0.1) is 11.2 Å². The highest BCUT2D eigenvalue weighted by atomic mass is 79.9. The van der Waals surface area contributed by atoms with E-state index in [0.29, 0.717) is 11.4 Å². The van der Waals surface area contributed by atoms with E-state index in [1.54, 1.807) is 65.0 Å². The summed E-state index contributed by atoms with van der Waals surface area (Å²) < 4.78 is 13.8. The topological polar surface area (TPSA) is 115 Å². The molecule has 4 heterocycles. The molecular formula is C32H43B21Br2ClN5O5. The molecule has 1 fully saturated rings. The highest BCUT2D eigenvalue weighted by molar-refractivity contribution is 9.10. The highest BCUT2D eigenvalue weighted by Crippen LogP contribution is 2.36. The molecule has 0 aliphatic carbocycles. The van der Waals surface area contributed by atoms with Crippen LogP contribution in [0.3, 0.4) is 0 Å². The van der Waals surface area contributed by atoms with Crippen LogP contribution in [0.5, 0.6) is 0 Å². The van der Waals surface area contributed by atoms with Crippen molar-refractivity contribution in [3.8, 4) is 0 Å². The minimum atomic E-state index is -0.889. The Morgan fingerprint density at radius 2 is 0.894 bits per heavy atom. The summed E-state index contributed by atoms with van der Waals surface area (Å²) in [5.41, 5.74) is 4.18. The summed E-state index contributed by atoms with van der Waals surface area (Å²) in [6, 6.07) is 5.19. The Morgan fingerprint density at radius 3 is 1.18 bits per heavy atom. The van der Waals surface area contributed by atoms with Gasteiger partial charge in [0, 0.05) is 204 Å². The lowest BCUT2D eigenvalue weighted by atomic mass is 8.39. The van der Waals surface area contributed by atoms with E-state index in [2.05, 4.69) is 46.8 Å². The van der Waals surface area contributed by atoms with E-state index in [1.807, 2.05) is 48.5 Å². The maximum absolute atomic E-state index is 11.9. The van der Waals surface area contributed by atoms with E-state index in [9.17, 15) is 14.4 Å². The lowest BCUT2D eigenvalue weighted by molar-refractivity contribution is 0.00578. The van der Waals surface area contributed by atoms with Crippen LogP contribution in [0.2, 0.25) is 0 Å². The molecule has 4 rings (SSSR count). The number of carbonyl (C=O) groups is 3. The van der Waals surface area contributed by atoms with Crippen molar-refractivity contribution in [1.29, 1.82) is 0 Å². The van der Waals surface area contributed by atoms with Crippen LogP contribution in [0, 0.1) is 20.8 Å². The van der Waals surface area contributed by atoms with E-state index in [4.69, 9.17) is 106 Å². The number of hydrogen-bond acceptors (Lipinski definition) is 8. The normalized spacial score (nSPS) is 12.6. The molecule has 1 aliphatic rings. The van der Waals surface area contributed by atoms with Gasteiger partial charge in [-0.1, -0.05) is 7.43 Å². The quantitative estimate of drug-likeness (QED) is 0.165. The number of aryl methyl sites for hydroxylation is 3. The van der Waals surface area contributed by atoms with E-state index in [1.165, 1.54) is 9.80 Å². The third-order valence-electron chi connectivity index (χ3n) is 10.8. The van der Waals surface area contributed by atoms with Gasteiger partial charge in [-0.2, -0.15) is 0 Å². The summed E-state index contributed by atoms with van der Waals surface area (Å²) in [7, 11) is 69.5. The lowest BCUT2D eigenvalue weighted by Gasteiger charge is -2.42. The van der Waals surface area contributed by atoms with Crippen LogP contribution in [0.1, 0.15) is 83.3 Å². The Hall–Kier alpha value is -1.41. The Kier molecular flexibility index (Phi) is 27.8. The fraction of sp³-hybridized carbons (Fsp3) is 0.438. The second-order valence-corrected chi connectivity index (χ2v) is 19.1. The lowest BCUT2D eigenvalue weighted by Crippen LogP contribution is -2.80. The monoisotopic (exact) mass is 1000 g/mol. The van der Waals surface area contributed by atoms with Crippen LogP contribution >= 0.6 is 43.5 Å². The van der Waals surface area contributed by atoms with Gasteiger partial charge in [-0.25, -0.2) is 4.98 Å². The number of pyridine rings is 3. The summed E-state index contributed by atoms with van der Waals surface area (Å²) in [5, 5.41) is -0.527. The van der Waals surface area contributed by atoms with Gasteiger partial charge in [-0.05, 0) is 127 Å². The SMILES string of the molecule is C.Cc1cc(C(=O)Cl)ncc1Br.Cc1cc(C(=O)N(C)C)ncc1B1OC(C)(C)C(C)(C)O1.Cc1cc(C(=O)N(C)C)ncc1Br.[B]B([B])B([B])B(B(B([B])[B])B([B])[B])B(B([B])[B])B([B])[B]. The van der Waals surface area contributed by atoms with Crippen molar-refractivity contribution in [3.05, 3.63) is 79.5 Å². The van der Waals surface area contributed by atoms with Gasteiger partial charge in [0.2, 0.25) is 0 Å². The van der Waals surface area contributed by atoms with Gasteiger partial charge in [0.1, 0.15) is 17.1 Å². The number of aromatic nitrogens is 3. The third-order valence-corrected chi connectivity index (χ3v) is 12.6. The summed E-state index contributed by atoms with van der Waals surface area (Å²) in [4.78, 5) is 49.1. The van der Waals surface area contributed by atoms with Crippen LogP contribution in [0.25, 0.3) is 0 Å². The number of nitrogens with zero attached hydrogens (tertiary/aromatic N) is 5. The average molecular weight is 1000 g/mol. The summed E-state index contributed by atoms with van der Waals surface area (Å²) in [6.45, 7) is 13.8. The van der Waals surface area contributed by atoms with E-state index in [0.717, 1.165) is 31.1 Å². The van der Waals surface area contributed by atoms with Gasteiger partial charge in [0.25, 0.3) is 17.1 Å². The summed E-state index contributed by atoms with van der Waals surface area (Å²) >= 11 is 11.8. The van der Waals surface area contributed by atoms with Crippen LogP contribution in [0.15, 0.2) is 45.7 Å². The molecule has 0 unspecified atom stereocenters. The first-order valence-corrected chi connectivity index (χ1v) is 22.2. The molecule has 0 saturated carbocycles. The molecule has 1 saturated heterocycles. The molecule has 22 radical (unpaired) electrons. The standard InChI is InChI=1S/C15H23BN2O3.C9H11BrN2O.C7H5BrClNO.CH4.B20/c1-10-8-12(13(19)18(6)7)17-9-11(10)16-20-14(2,3)15(4,5)21-16;1-6-4-8(9(13)12(2)3)11-5-7(6)10;1-4-2-6(7(9)11)10-3-5(4)8;;1-12(2)17(11)20(18(13(3)4)14(5)6)19(15(7)8)16(9)10/h8-9H,1-7H3;4-5H,1-3H3;2-3H,1H3;1H4;. The maximum Gasteiger partial charge on any atom is 0.496 e. The van der Waals surface area contributed by atoms with Gasteiger partial charge < -0.3 is 19.1 Å². The smallest absolute Gasteiger partial charge is 0.399 e. The van der Waals surface area contributed by atoms with Crippen molar-refractivity contribution in [2.24, 2.45) is 0 Å². The predicted molar refractivity (Wildman–Crippen MR) is 306 cm³/mol. The molecule has 0 atom stereocenters. The van der Waals surface area contributed by atoms with Gasteiger partial charge >= 0.3 is 7.12 Å². The molecule has 2 amide bonds. The molecule has 66 heavy (non-hydrogen) atoms. The van der Waals surface area contributed by atoms with Gasteiger partial charge in [-0.3, -0.25) is 24.4 Å². The number of hydrogen-bond donors (Lipinski definition) is 0. The Balaban J connectivity index is 0.000000876. The van der Waals surface area contributed by atoms with Crippen molar-refractivity contribution in [3.63, 3.8) is 0 Å². The highest BCUT2D eigenvalue weighted by Gasteiger charge is 2.52. The maximum atomic E-state index is 11.9. The fourth-order valence-corrected chi connectivity index (χ4v) is 6.76.